The van der Waals surface area contributed by atoms with Gasteiger partial charge in [0.15, 0.2) is 0 Å². The maximum absolute atomic E-state index is 11.3. The molecule has 1 aliphatic rings. The molecule has 0 amide bonds. The first-order valence-electron chi connectivity index (χ1n) is 7.52. The number of nitrogens with zero attached hydrogens (tertiary/aromatic N) is 1. The van der Waals surface area contributed by atoms with E-state index in [1.54, 1.807) is 0 Å². The Labute approximate surface area is 194 Å². The second kappa shape index (κ2) is 13.0. The predicted molar refractivity (Wildman–Crippen MR) is 89.3 cm³/mol. The largest absolute Gasteiger partial charge is 0.540 e. The zero-order valence-electron chi connectivity index (χ0n) is 13.9. The van der Waals surface area contributed by atoms with Crippen LogP contribution in [0.4, 0.5) is 0 Å². The van der Waals surface area contributed by atoms with Gasteiger partial charge in [-0.05, 0) is 23.4 Å². The molecule has 5 heteroatoms. The Morgan fingerprint density at radius 2 is 1.83 bits per heavy atom. The zero-order valence-corrected chi connectivity index (χ0v) is 20.4. The molecule has 1 aromatic carbocycles. The third-order valence-electron chi connectivity index (χ3n) is 3.43. The Bertz CT molecular complexity index is 559. The first kappa shape index (κ1) is 23.8. The van der Waals surface area contributed by atoms with Gasteiger partial charge < -0.3 is 9.69 Å². The van der Waals surface area contributed by atoms with Crippen LogP contribution < -0.4 is 0 Å². The Balaban J connectivity index is 0.000000902. The van der Waals surface area contributed by atoms with Crippen LogP contribution >= 0.6 is 11.3 Å². The van der Waals surface area contributed by atoms with E-state index in [1.165, 1.54) is 16.9 Å². The van der Waals surface area contributed by atoms with Gasteiger partial charge in [0.2, 0.25) is 0 Å². The van der Waals surface area contributed by atoms with E-state index >= 15 is 0 Å². The first-order chi connectivity index (χ1) is 10.3. The van der Waals surface area contributed by atoms with Crippen LogP contribution in [0.15, 0.2) is 41.8 Å². The van der Waals surface area contributed by atoms with Crippen LogP contribution in [0.1, 0.15) is 42.3 Å². The van der Waals surface area contributed by atoms with Crippen LogP contribution in [0, 0.1) is 0 Å². The average Bonchev–Trinajstić information content (AvgIpc) is 2.98. The molecule has 1 aliphatic heterocycles. The van der Waals surface area contributed by atoms with Crippen molar-refractivity contribution in [2.24, 2.45) is 0 Å². The van der Waals surface area contributed by atoms with Crippen molar-refractivity contribution in [2.45, 2.75) is 39.3 Å². The molecular weight excluding hydrogens is 456 g/mol. The monoisotopic (exact) mass is 478 g/mol. The fourth-order valence-electron chi connectivity index (χ4n) is 2.48. The van der Waals surface area contributed by atoms with Gasteiger partial charge in [0.25, 0.3) is 0 Å². The molecule has 1 unspecified atom stereocenters. The fourth-order valence-corrected chi connectivity index (χ4v) is 3.37. The summed E-state index contributed by atoms with van der Waals surface area (Å²) in [5, 5.41) is 2.14. The molecule has 0 fully saturated rings. The molecule has 0 saturated heterocycles. The number of hydrogen-bond donors (Lipinski definition) is 0. The molecule has 2 aromatic rings. The summed E-state index contributed by atoms with van der Waals surface area (Å²) in [6.45, 7) is 6.04. The van der Waals surface area contributed by atoms with Crippen LogP contribution in [-0.2, 0) is 83.2 Å². The van der Waals surface area contributed by atoms with Crippen molar-refractivity contribution >= 4 is 17.6 Å². The smallest absolute Gasteiger partial charge is 0.0225 e. The van der Waals surface area contributed by atoms with Crippen molar-refractivity contribution in [3.05, 3.63) is 57.8 Å². The molecule has 118 valence electrons. The second-order valence-corrected chi connectivity index (χ2v) is 6.23. The summed E-state index contributed by atoms with van der Waals surface area (Å²) < 4.78 is 0. The number of rotatable bonds is 3. The van der Waals surface area contributed by atoms with Gasteiger partial charge >= 0.3 is 0 Å². The molecule has 2 heterocycles. The van der Waals surface area contributed by atoms with E-state index in [2.05, 4.69) is 36.5 Å². The summed E-state index contributed by atoms with van der Waals surface area (Å²) in [6, 6.07) is 11.8. The van der Waals surface area contributed by atoms with E-state index in [9.17, 15) is 4.79 Å². The SMILES string of the molecule is CCC.O=[C-]C(c1ccccc1)N1CCc2sccc2C1.[Y].[Y]. The topological polar surface area (TPSA) is 20.3 Å². The van der Waals surface area contributed by atoms with Gasteiger partial charge in [-0.15, -0.1) is 11.3 Å². The molecule has 2 nitrogen and oxygen atoms in total. The van der Waals surface area contributed by atoms with Crippen molar-refractivity contribution in [1.82, 2.24) is 4.90 Å². The number of hydrogen-bond acceptors (Lipinski definition) is 3. The summed E-state index contributed by atoms with van der Waals surface area (Å²) >= 11 is 1.82. The second-order valence-electron chi connectivity index (χ2n) is 5.23. The molecule has 1 atom stereocenters. The van der Waals surface area contributed by atoms with E-state index in [0.717, 1.165) is 25.1 Å². The maximum atomic E-state index is 11.3. The van der Waals surface area contributed by atoms with Gasteiger partial charge in [0, 0.05) is 83.4 Å². The molecule has 2 radical (unpaired) electrons. The Morgan fingerprint density at radius 1 is 1.17 bits per heavy atom. The first-order valence-corrected chi connectivity index (χ1v) is 8.40. The van der Waals surface area contributed by atoms with Crippen molar-refractivity contribution in [1.29, 1.82) is 0 Å². The minimum Gasteiger partial charge on any atom is -0.540 e. The van der Waals surface area contributed by atoms with Crippen LogP contribution in [0.2, 0.25) is 0 Å². The summed E-state index contributed by atoms with van der Waals surface area (Å²) in [6.07, 6.45) is 4.48. The maximum Gasteiger partial charge on any atom is 0.0225 e. The Morgan fingerprint density at radius 3 is 2.43 bits per heavy atom. The van der Waals surface area contributed by atoms with Crippen LogP contribution in [0.5, 0.6) is 0 Å². The molecule has 0 bridgehead atoms. The number of benzene rings is 1. The van der Waals surface area contributed by atoms with E-state index in [1.807, 2.05) is 41.7 Å². The van der Waals surface area contributed by atoms with Crippen LogP contribution in [0.25, 0.3) is 0 Å². The molecule has 0 aliphatic carbocycles. The van der Waals surface area contributed by atoms with E-state index in [-0.39, 0.29) is 71.5 Å². The van der Waals surface area contributed by atoms with E-state index in [4.69, 9.17) is 0 Å². The third-order valence-corrected chi connectivity index (χ3v) is 4.45. The standard InChI is InChI=1S/C15H14NOS.C3H8.2Y/c17-11-14(12-4-2-1-3-5-12)16-8-6-15-13(10-16)7-9-18-15;1-3-2;;/h1-5,7,9,14H,6,8,10H2;3H2,1-2H3;;/q-1;;;. The van der Waals surface area contributed by atoms with E-state index < -0.39 is 0 Å². The van der Waals surface area contributed by atoms with Gasteiger partial charge in [-0.2, -0.15) is 0 Å². The molecule has 3 rings (SSSR count). The predicted octanol–water partition coefficient (Wildman–Crippen LogP) is 4.37. The van der Waals surface area contributed by atoms with Crippen LogP contribution in [-0.4, -0.2) is 17.7 Å². The van der Waals surface area contributed by atoms with Crippen molar-refractivity contribution in [3.8, 4) is 0 Å². The molecular formula is C18H22NOSY2-. The molecule has 1 aromatic heterocycles. The summed E-state index contributed by atoms with van der Waals surface area (Å²) in [7, 11) is 0. The van der Waals surface area contributed by atoms with Gasteiger partial charge in [-0.25, -0.2) is 6.29 Å². The zero-order chi connectivity index (χ0) is 15.1. The summed E-state index contributed by atoms with van der Waals surface area (Å²) in [4.78, 5) is 15.0. The van der Waals surface area contributed by atoms with Gasteiger partial charge in [0.1, 0.15) is 0 Å². The fraction of sp³-hybridized carbons (Fsp3) is 0.389. The quantitative estimate of drug-likeness (QED) is 0.612. The van der Waals surface area contributed by atoms with Gasteiger partial charge in [-0.1, -0.05) is 62.2 Å². The Hall–Kier alpha value is 0.758. The van der Waals surface area contributed by atoms with Crippen molar-refractivity contribution in [3.63, 3.8) is 0 Å². The summed E-state index contributed by atoms with van der Waals surface area (Å²) in [5.74, 6) is 0. The minimum absolute atomic E-state index is 0. The molecule has 23 heavy (non-hydrogen) atoms. The number of carbonyl (C=O) groups excluding carboxylic acids is 1. The minimum atomic E-state index is -0.237. The van der Waals surface area contributed by atoms with Crippen molar-refractivity contribution < 1.29 is 70.2 Å². The number of fused-ring (bicyclic) bond motifs is 1. The van der Waals surface area contributed by atoms with Gasteiger partial charge in [-0.3, -0.25) is 0 Å². The van der Waals surface area contributed by atoms with Crippen LogP contribution in [0.3, 0.4) is 0 Å². The molecule has 0 saturated carbocycles. The summed E-state index contributed by atoms with van der Waals surface area (Å²) in [5.41, 5.74) is 2.40. The molecule has 0 N–H and O–H groups in total. The Kier molecular flexibility index (Phi) is 13.5. The van der Waals surface area contributed by atoms with Gasteiger partial charge in [0.05, 0.1) is 0 Å². The third kappa shape index (κ3) is 6.88. The average molecular weight is 478 g/mol. The normalized spacial score (nSPS) is 14.2. The number of thiophene rings is 1. The molecule has 0 spiro atoms. The van der Waals surface area contributed by atoms with Crippen molar-refractivity contribution in [2.75, 3.05) is 6.54 Å². The van der Waals surface area contributed by atoms with E-state index in [0.29, 0.717) is 0 Å².